The van der Waals surface area contributed by atoms with Crippen molar-refractivity contribution in [1.82, 2.24) is 9.38 Å². The first kappa shape index (κ1) is 16.8. The summed E-state index contributed by atoms with van der Waals surface area (Å²) in [5.41, 5.74) is 2.75. The molecule has 4 rings (SSSR count). The van der Waals surface area contributed by atoms with Gasteiger partial charge in [0.05, 0.1) is 5.69 Å². The van der Waals surface area contributed by atoms with Gasteiger partial charge in [0.15, 0.2) is 6.61 Å². The van der Waals surface area contributed by atoms with E-state index in [1.165, 1.54) is 0 Å². The number of hydrogen-bond donors (Lipinski definition) is 1. The first-order chi connectivity index (χ1) is 13.3. The van der Waals surface area contributed by atoms with Gasteiger partial charge >= 0.3 is 0 Å². The van der Waals surface area contributed by atoms with E-state index >= 15 is 0 Å². The molecule has 1 amide bonds. The van der Waals surface area contributed by atoms with Gasteiger partial charge in [-0.25, -0.2) is 4.98 Å². The van der Waals surface area contributed by atoms with Crippen LogP contribution in [0.3, 0.4) is 0 Å². The van der Waals surface area contributed by atoms with Gasteiger partial charge in [-0.2, -0.15) is 0 Å². The minimum absolute atomic E-state index is 0.0607. The maximum atomic E-state index is 12.5. The Morgan fingerprint density at radius 3 is 2.41 bits per heavy atom. The van der Waals surface area contributed by atoms with Crippen LogP contribution in [-0.2, 0) is 11.2 Å². The van der Waals surface area contributed by atoms with Gasteiger partial charge in [0, 0.05) is 12.6 Å². The molecule has 4 aromatic rings. The number of benzene rings is 2. The summed E-state index contributed by atoms with van der Waals surface area (Å²) in [5.74, 6) is 1.12. The number of imidazole rings is 1. The molecule has 0 bridgehead atoms. The lowest BCUT2D eigenvalue weighted by Gasteiger charge is -2.09. The zero-order valence-corrected chi connectivity index (χ0v) is 14.7. The van der Waals surface area contributed by atoms with Gasteiger partial charge in [-0.3, -0.25) is 9.20 Å². The van der Waals surface area contributed by atoms with Crippen molar-refractivity contribution in [3.8, 4) is 5.75 Å². The third kappa shape index (κ3) is 3.98. The highest BCUT2D eigenvalue weighted by atomic mass is 16.5. The van der Waals surface area contributed by atoms with Gasteiger partial charge in [0.25, 0.3) is 5.91 Å². The Hall–Kier alpha value is -3.60. The summed E-state index contributed by atoms with van der Waals surface area (Å²) in [4.78, 5) is 17.1. The summed E-state index contributed by atoms with van der Waals surface area (Å²) < 4.78 is 7.43. The second kappa shape index (κ2) is 7.74. The monoisotopic (exact) mass is 357 g/mol. The van der Waals surface area contributed by atoms with Crippen molar-refractivity contribution in [3.63, 3.8) is 0 Å². The number of para-hydroxylation sites is 1. The van der Waals surface area contributed by atoms with Crippen molar-refractivity contribution in [2.24, 2.45) is 0 Å². The predicted octanol–water partition coefficient (Wildman–Crippen LogP) is 3.94. The predicted molar refractivity (Wildman–Crippen MR) is 105 cm³/mol. The minimum Gasteiger partial charge on any atom is -0.484 e. The SMILES string of the molecule is O=C(COc1ccccc1)Nc1c(Cc2ccccc2)nc2ccccn12. The number of rotatable bonds is 6. The number of carbonyl (C=O) groups excluding carboxylic acids is 1. The molecule has 5 nitrogen and oxygen atoms in total. The molecule has 0 fully saturated rings. The van der Waals surface area contributed by atoms with Crippen molar-refractivity contribution in [1.29, 1.82) is 0 Å². The smallest absolute Gasteiger partial charge is 0.263 e. The second-order valence-electron chi connectivity index (χ2n) is 6.15. The largest absolute Gasteiger partial charge is 0.484 e. The van der Waals surface area contributed by atoms with E-state index < -0.39 is 0 Å². The molecule has 5 heteroatoms. The van der Waals surface area contributed by atoms with Gasteiger partial charge in [-0.05, 0) is 29.8 Å². The molecule has 0 atom stereocenters. The zero-order chi connectivity index (χ0) is 18.5. The highest BCUT2D eigenvalue weighted by Crippen LogP contribution is 2.21. The maximum absolute atomic E-state index is 12.5. The van der Waals surface area contributed by atoms with Gasteiger partial charge in [-0.1, -0.05) is 54.6 Å². The molecular weight excluding hydrogens is 338 g/mol. The zero-order valence-electron chi connectivity index (χ0n) is 14.7. The van der Waals surface area contributed by atoms with Crippen LogP contribution in [0.25, 0.3) is 5.65 Å². The van der Waals surface area contributed by atoms with Gasteiger partial charge in [0.1, 0.15) is 17.2 Å². The lowest BCUT2D eigenvalue weighted by molar-refractivity contribution is -0.118. The van der Waals surface area contributed by atoms with E-state index in [-0.39, 0.29) is 12.5 Å². The summed E-state index contributed by atoms with van der Waals surface area (Å²) in [5, 5.41) is 2.96. The third-order valence-electron chi connectivity index (χ3n) is 4.19. The molecule has 2 aromatic heterocycles. The summed E-state index contributed by atoms with van der Waals surface area (Å²) in [7, 11) is 0. The first-order valence-corrected chi connectivity index (χ1v) is 8.77. The summed E-state index contributed by atoms with van der Waals surface area (Å²) in [6.45, 7) is -0.0607. The lowest BCUT2D eigenvalue weighted by Crippen LogP contribution is -2.21. The standard InChI is InChI=1S/C22H19N3O2/c26-21(16-27-18-11-5-2-6-12-18)24-22-19(15-17-9-3-1-4-10-17)23-20-13-7-8-14-25(20)22/h1-14H,15-16H2,(H,24,26). The van der Waals surface area contributed by atoms with Crippen LogP contribution in [0.15, 0.2) is 85.1 Å². The Labute approximate surface area is 157 Å². The molecule has 0 radical (unpaired) electrons. The molecular formula is C22H19N3O2. The number of fused-ring (bicyclic) bond motifs is 1. The average molecular weight is 357 g/mol. The molecule has 0 spiro atoms. The van der Waals surface area contributed by atoms with Crippen LogP contribution >= 0.6 is 0 Å². The topological polar surface area (TPSA) is 55.6 Å². The second-order valence-corrected chi connectivity index (χ2v) is 6.15. The molecule has 134 valence electrons. The highest BCUT2D eigenvalue weighted by Gasteiger charge is 2.15. The average Bonchev–Trinajstić information content (AvgIpc) is 3.05. The first-order valence-electron chi connectivity index (χ1n) is 8.77. The van der Waals surface area contributed by atoms with Gasteiger partial charge in [-0.15, -0.1) is 0 Å². The van der Waals surface area contributed by atoms with Crippen molar-refractivity contribution in [2.75, 3.05) is 11.9 Å². The van der Waals surface area contributed by atoms with Gasteiger partial charge < -0.3 is 10.1 Å². The maximum Gasteiger partial charge on any atom is 0.263 e. The van der Waals surface area contributed by atoms with E-state index in [4.69, 9.17) is 4.74 Å². The summed E-state index contributed by atoms with van der Waals surface area (Å²) in [6.07, 6.45) is 2.53. The van der Waals surface area contributed by atoms with Gasteiger partial charge in [0.2, 0.25) is 0 Å². The molecule has 1 N–H and O–H groups in total. The Morgan fingerprint density at radius 2 is 1.63 bits per heavy atom. The highest BCUT2D eigenvalue weighted by molar-refractivity contribution is 5.92. The Morgan fingerprint density at radius 1 is 0.926 bits per heavy atom. The Kier molecular flexibility index (Phi) is 4.83. The molecule has 0 aliphatic carbocycles. The van der Waals surface area contributed by atoms with Crippen molar-refractivity contribution in [2.45, 2.75) is 6.42 Å². The number of nitrogens with one attached hydrogen (secondary N) is 1. The van der Waals surface area contributed by atoms with Crippen LogP contribution in [0.1, 0.15) is 11.3 Å². The van der Waals surface area contributed by atoms with E-state index in [2.05, 4.69) is 10.3 Å². The number of carbonyl (C=O) groups is 1. The number of amides is 1. The van der Waals surface area contributed by atoms with Crippen LogP contribution in [0.5, 0.6) is 5.75 Å². The summed E-state index contributed by atoms with van der Waals surface area (Å²) in [6, 6.07) is 25.1. The molecule has 0 saturated carbocycles. The fraction of sp³-hybridized carbons (Fsp3) is 0.0909. The third-order valence-corrected chi connectivity index (χ3v) is 4.19. The fourth-order valence-corrected chi connectivity index (χ4v) is 2.92. The molecule has 0 aliphatic heterocycles. The van der Waals surface area contributed by atoms with Crippen molar-refractivity contribution < 1.29 is 9.53 Å². The molecule has 27 heavy (non-hydrogen) atoms. The number of anilines is 1. The fourth-order valence-electron chi connectivity index (χ4n) is 2.92. The van der Waals surface area contributed by atoms with E-state index in [0.717, 1.165) is 16.9 Å². The Bertz CT molecular complexity index is 1040. The molecule has 0 saturated heterocycles. The van der Waals surface area contributed by atoms with Crippen molar-refractivity contribution >= 4 is 17.4 Å². The lowest BCUT2D eigenvalue weighted by atomic mass is 10.1. The number of ether oxygens (including phenoxy) is 1. The van der Waals surface area contributed by atoms with E-state index in [1.54, 1.807) is 0 Å². The number of pyridine rings is 1. The normalized spacial score (nSPS) is 10.7. The van der Waals surface area contributed by atoms with Crippen molar-refractivity contribution in [3.05, 3.63) is 96.3 Å². The van der Waals surface area contributed by atoms with Crippen LogP contribution < -0.4 is 10.1 Å². The van der Waals surface area contributed by atoms with Crippen LogP contribution in [-0.4, -0.2) is 21.9 Å². The number of hydrogen-bond acceptors (Lipinski definition) is 3. The quantitative estimate of drug-likeness (QED) is 0.569. The van der Waals surface area contributed by atoms with E-state index in [1.807, 2.05) is 89.5 Å². The molecule has 2 heterocycles. The minimum atomic E-state index is -0.223. The number of aromatic nitrogens is 2. The van der Waals surface area contributed by atoms with Crippen LogP contribution in [0.2, 0.25) is 0 Å². The van der Waals surface area contributed by atoms with Crippen LogP contribution in [0, 0.1) is 0 Å². The van der Waals surface area contributed by atoms with E-state index in [9.17, 15) is 4.79 Å². The molecule has 0 unspecified atom stereocenters. The Balaban J connectivity index is 1.56. The number of nitrogens with zero attached hydrogens (tertiary/aromatic N) is 2. The molecule has 0 aliphatic rings. The summed E-state index contributed by atoms with van der Waals surface area (Å²) >= 11 is 0. The molecule has 2 aromatic carbocycles. The van der Waals surface area contributed by atoms with E-state index in [0.29, 0.717) is 18.0 Å². The van der Waals surface area contributed by atoms with Crippen LogP contribution in [0.4, 0.5) is 5.82 Å².